The van der Waals surface area contributed by atoms with E-state index in [2.05, 4.69) is 38.3 Å². The van der Waals surface area contributed by atoms with Crippen LogP contribution in [0.3, 0.4) is 0 Å². The van der Waals surface area contributed by atoms with Crippen molar-refractivity contribution >= 4 is 51.6 Å². The number of hydrogen-bond donors (Lipinski definition) is 2. The summed E-state index contributed by atoms with van der Waals surface area (Å²) in [6, 6.07) is 18.0. The predicted molar refractivity (Wildman–Crippen MR) is 100 cm³/mol. The first-order valence-corrected chi connectivity index (χ1v) is 9.08. The molecular weight excluding hydrogens is 346 g/mol. The smallest absolute Gasteiger partial charge is 0.148 e. The molecule has 6 heteroatoms. The lowest BCUT2D eigenvalue weighted by molar-refractivity contribution is 1.36. The average molecular weight is 358 g/mol. The summed E-state index contributed by atoms with van der Waals surface area (Å²) in [6.45, 7) is 0. The largest absolute Gasteiger partial charge is 0.337 e. The molecule has 0 aliphatic heterocycles. The van der Waals surface area contributed by atoms with Crippen molar-refractivity contribution < 1.29 is 0 Å². The third-order valence-electron chi connectivity index (χ3n) is 3.36. The summed E-state index contributed by atoms with van der Waals surface area (Å²) >= 11 is 9.36. The molecule has 2 N–H and O–H groups in total. The first kappa shape index (κ1) is 14.6. The van der Waals surface area contributed by atoms with Crippen molar-refractivity contribution in [2.45, 2.75) is 4.90 Å². The molecule has 0 aliphatic rings. The number of anilines is 1. The van der Waals surface area contributed by atoms with Gasteiger partial charge in [-0.1, -0.05) is 29.8 Å². The van der Waals surface area contributed by atoms with Crippen LogP contribution in [0.5, 0.6) is 0 Å². The van der Waals surface area contributed by atoms with Crippen LogP contribution in [-0.2, 0) is 0 Å². The monoisotopic (exact) mass is 357 g/mol. The van der Waals surface area contributed by atoms with Gasteiger partial charge in [-0.3, -0.25) is 0 Å². The molecule has 2 aromatic carbocycles. The molecule has 3 nitrogen and oxygen atoms in total. The molecule has 114 valence electrons. The summed E-state index contributed by atoms with van der Waals surface area (Å²) in [6.07, 6.45) is 0. The SMILES string of the molecule is Clc1ccccc1NSc1ccc2nc(-c3cccs3)[nH]c2c1. The molecular formula is C17H12ClN3S2. The zero-order valence-corrected chi connectivity index (χ0v) is 14.3. The number of aromatic amines is 1. The topological polar surface area (TPSA) is 40.7 Å². The van der Waals surface area contributed by atoms with E-state index in [0.29, 0.717) is 5.02 Å². The van der Waals surface area contributed by atoms with Gasteiger partial charge in [-0.05, 0) is 53.7 Å². The second-order valence-electron chi connectivity index (χ2n) is 4.93. The molecule has 0 spiro atoms. The fourth-order valence-corrected chi connectivity index (χ4v) is 3.87. The molecule has 0 fully saturated rings. The van der Waals surface area contributed by atoms with Gasteiger partial charge in [0.05, 0.1) is 26.6 Å². The number of hydrogen-bond acceptors (Lipinski definition) is 4. The maximum absolute atomic E-state index is 6.16. The molecule has 2 aromatic heterocycles. The van der Waals surface area contributed by atoms with Crippen molar-refractivity contribution in [2.75, 3.05) is 4.72 Å². The van der Waals surface area contributed by atoms with E-state index in [-0.39, 0.29) is 0 Å². The number of imidazole rings is 1. The Bertz CT molecular complexity index is 948. The Labute approximate surface area is 146 Å². The van der Waals surface area contributed by atoms with Gasteiger partial charge in [0.1, 0.15) is 5.82 Å². The summed E-state index contributed by atoms with van der Waals surface area (Å²) in [7, 11) is 0. The highest BCUT2D eigenvalue weighted by Crippen LogP contribution is 2.30. The van der Waals surface area contributed by atoms with Crippen LogP contribution in [0.1, 0.15) is 0 Å². The van der Waals surface area contributed by atoms with Gasteiger partial charge in [0.25, 0.3) is 0 Å². The van der Waals surface area contributed by atoms with E-state index in [0.717, 1.165) is 32.3 Å². The molecule has 23 heavy (non-hydrogen) atoms. The van der Waals surface area contributed by atoms with Crippen LogP contribution in [0, 0.1) is 0 Å². The van der Waals surface area contributed by atoms with E-state index in [9.17, 15) is 0 Å². The van der Waals surface area contributed by atoms with Crippen LogP contribution in [0.4, 0.5) is 5.69 Å². The number of thiophene rings is 1. The lowest BCUT2D eigenvalue weighted by Gasteiger charge is -2.06. The molecule has 4 rings (SSSR count). The Hall–Kier alpha value is -1.95. The van der Waals surface area contributed by atoms with Crippen LogP contribution in [0.2, 0.25) is 5.02 Å². The zero-order valence-electron chi connectivity index (χ0n) is 11.9. The number of H-pyrrole nitrogens is 1. The van der Waals surface area contributed by atoms with Crippen molar-refractivity contribution in [2.24, 2.45) is 0 Å². The number of nitrogens with zero attached hydrogens (tertiary/aromatic N) is 1. The number of benzene rings is 2. The summed E-state index contributed by atoms with van der Waals surface area (Å²) in [5.41, 5.74) is 2.90. The van der Waals surface area contributed by atoms with E-state index in [1.54, 1.807) is 11.3 Å². The van der Waals surface area contributed by atoms with Gasteiger partial charge in [0, 0.05) is 4.90 Å². The quantitative estimate of drug-likeness (QED) is 0.436. The Balaban J connectivity index is 1.58. The lowest BCUT2D eigenvalue weighted by Crippen LogP contribution is -1.87. The van der Waals surface area contributed by atoms with Gasteiger partial charge in [0.15, 0.2) is 0 Å². The Kier molecular flexibility index (Phi) is 3.99. The van der Waals surface area contributed by atoms with E-state index in [4.69, 9.17) is 11.6 Å². The number of halogens is 1. The maximum atomic E-state index is 6.16. The zero-order chi connectivity index (χ0) is 15.6. The Morgan fingerprint density at radius 1 is 1.09 bits per heavy atom. The van der Waals surface area contributed by atoms with Crippen molar-refractivity contribution in [3.05, 3.63) is 65.0 Å². The van der Waals surface area contributed by atoms with Crippen molar-refractivity contribution in [1.29, 1.82) is 0 Å². The van der Waals surface area contributed by atoms with Crippen LogP contribution in [0.25, 0.3) is 21.7 Å². The summed E-state index contributed by atoms with van der Waals surface area (Å²) in [5.74, 6) is 0.913. The number of aromatic nitrogens is 2. The molecule has 0 radical (unpaired) electrons. The second kappa shape index (κ2) is 6.28. The lowest BCUT2D eigenvalue weighted by atomic mass is 10.3. The van der Waals surface area contributed by atoms with Crippen LogP contribution in [0.15, 0.2) is 64.9 Å². The van der Waals surface area contributed by atoms with E-state index >= 15 is 0 Å². The molecule has 0 unspecified atom stereocenters. The number of fused-ring (bicyclic) bond motifs is 1. The van der Waals surface area contributed by atoms with E-state index in [1.165, 1.54) is 11.9 Å². The van der Waals surface area contributed by atoms with Gasteiger partial charge in [0.2, 0.25) is 0 Å². The average Bonchev–Trinajstić information content (AvgIpc) is 3.22. The maximum Gasteiger partial charge on any atom is 0.148 e. The van der Waals surface area contributed by atoms with E-state index < -0.39 is 0 Å². The molecule has 0 bridgehead atoms. The van der Waals surface area contributed by atoms with Crippen molar-refractivity contribution in [3.8, 4) is 10.7 Å². The van der Waals surface area contributed by atoms with Gasteiger partial charge in [-0.25, -0.2) is 4.98 Å². The van der Waals surface area contributed by atoms with Crippen LogP contribution >= 0.6 is 34.9 Å². The van der Waals surface area contributed by atoms with Crippen LogP contribution < -0.4 is 4.72 Å². The minimum Gasteiger partial charge on any atom is -0.337 e. The molecule has 0 atom stereocenters. The fraction of sp³-hybridized carbons (Fsp3) is 0. The van der Waals surface area contributed by atoms with Gasteiger partial charge < -0.3 is 9.71 Å². The first-order chi connectivity index (χ1) is 11.3. The predicted octanol–water partition coefficient (Wildman–Crippen LogP) is 6.06. The highest BCUT2D eigenvalue weighted by Gasteiger charge is 2.07. The molecule has 0 saturated heterocycles. The normalized spacial score (nSPS) is 11.0. The number of para-hydroxylation sites is 1. The third kappa shape index (κ3) is 3.08. The molecule has 0 aliphatic carbocycles. The first-order valence-electron chi connectivity index (χ1n) is 7.00. The van der Waals surface area contributed by atoms with Crippen molar-refractivity contribution in [3.63, 3.8) is 0 Å². The molecule has 2 heterocycles. The highest BCUT2D eigenvalue weighted by molar-refractivity contribution is 8.00. The minimum absolute atomic E-state index is 0.711. The number of nitrogens with one attached hydrogen (secondary N) is 2. The summed E-state index contributed by atoms with van der Waals surface area (Å²) in [4.78, 5) is 10.3. The molecule has 4 aromatic rings. The highest BCUT2D eigenvalue weighted by atomic mass is 35.5. The third-order valence-corrected chi connectivity index (χ3v) is 5.38. The number of rotatable bonds is 4. The standard InChI is InChI=1S/C17H12ClN3S2/c18-12-4-1-2-5-13(12)21-23-11-7-8-14-15(10-11)20-17(19-14)16-6-3-9-22-16/h1-10,21H,(H,19,20). The molecule has 0 saturated carbocycles. The van der Waals surface area contributed by atoms with E-state index in [1.807, 2.05) is 36.4 Å². The van der Waals surface area contributed by atoms with Gasteiger partial charge >= 0.3 is 0 Å². The fourth-order valence-electron chi connectivity index (χ4n) is 2.24. The minimum atomic E-state index is 0.711. The Morgan fingerprint density at radius 3 is 2.83 bits per heavy atom. The van der Waals surface area contributed by atoms with Gasteiger partial charge in [-0.2, -0.15) is 0 Å². The Morgan fingerprint density at radius 2 is 2.00 bits per heavy atom. The summed E-state index contributed by atoms with van der Waals surface area (Å²) < 4.78 is 3.28. The second-order valence-corrected chi connectivity index (χ2v) is 7.16. The molecule has 0 amide bonds. The summed E-state index contributed by atoms with van der Waals surface area (Å²) in [5, 5.41) is 2.76. The van der Waals surface area contributed by atoms with Gasteiger partial charge in [-0.15, -0.1) is 11.3 Å². The van der Waals surface area contributed by atoms with Crippen molar-refractivity contribution in [1.82, 2.24) is 9.97 Å². The van der Waals surface area contributed by atoms with Crippen LogP contribution in [-0.4, -0.2) is 9.97 Å².